The van der Waals surface area contributed by atoms with E-state index in [1.54, 1.807) is 6.07 Å². The molecule has 0 atom stereocenters. The van der Waals surface area contributed by atoms with Crippen LogP contribution in [0.1, 0.15) is 16.1 Å². The molecule has 0 fully saturated rings. The zero-order valence-electron chi connectivity index (χ0n) is 6.53. The van der Waals surface area contributed by atoms with Gasteiger partial charge in [0.05, 0.1) is 5.56 Å². The lowest BCUT2D eigenvalue weighted by molar-refractivity contribution is 0.0696. The first-order valence-electron chi connectivity index (χ1n) is 3.62. The second kappa shape index (κ2) is 3.82. The molecule has 0 radical (unpaired) electrons. The summed E-state index contributed by atoms with van der Waals surface area (Å²) in [5.74, 6) is -0.957. The fraction of sp³-hybridized carbons (Fsp3) is 0.250. The Hall–Kier alpha value is -1.42. The largest absolute Gasteiger partial charge is 0.478 e. The molecule has 3 N–H and O–H groups in total. The molecular formula is C8H10N2O2. The minimum Gasteiger partial charge on any atom is -0.478 e. The quantitative estimate of drug-likeness (QED) is 0.676. The molecule has 0 unspecified atom stereocenters. The van der Waals surface area contributed by atoms with E-state index in [-0.39, 0.29) is 5.56 Å². The van der Waals surface area contributed by atoms with Crippen molar-refractivity contribution in [1.82, 2.24) is 4.98 Å². The van der Waals surface area contributed by atoms with Gasteiger partial charge in [0.2, 0.25) is 0 Å². The van der Waals surface area contributed by atoms with Crippen molar-refractivity contribution in [3.63, 3.8) is 0 Å². The third-order valence-corrected chi connectivity index (χ3v) is 1.47. The number of hydrogen-bond acceptors (Lipinski definition) is 3. The van der Waals surface area contributed by atoms with Crippen LogP contribution in [0.15, 0.2) is 18.3 Å². The SMILES string of the molecule is NCCc1ccc(C(=O)O)cn1. The Morgan fingerprint density at radius 3 is 2.75 bits per heavy atom. The Morgan fingerprint density at radius 1 is 1.58 bits per heavy atom. The molecule has 1 rings (SSSR count). The summed E-state index contributed by atoms with van der Waals surface area (Å²) < 4.78 is 0. The topological polar surface area (TPSA) is 76.2 Å². The van der Waals surface area contributed by atoms with Gasteiger partial charge in [0.25, 0.3) is 0 Å². The second-order valence-electron chi connectivity index (χ2n) is 2.38. The number of rotatable bonds is 3. The van der Waals surface area contributed by atoms with Gasteiger partial charge in [0, 0.05) is 18.3 Å². The van der Waals surface area contributed by atoms with Crippen molar-refractivity contribution in [2.75, 3.05) is 6.54 Å². The molecule has 0 bridgehead atoms. The van der Waals surface area contributed by atoms with Crippen LogP contribution in [-0.4, -0.2) is 22.6 Å². The highest BCUT2D eigenvalue weighted by Gasteiger charge is 2.01. The maximum absolute atomic E-state index is 10.4. The van der Waals surface area contributed by atoms with Crippen LogP contribution in [-0.2, 0) is 6.42 Å². The van der Waals surface area contributed by atoms with Crippen molar-refractivity contribution in [3.05, 3.63) is 29.6 Å². The Labute approximate surface area is 70.0 Å². The molecule has 12 heavy (non-hydrogen) atoms. The molecule has 0 saturated heterocycles. The van der Waals surface area contributed by atoms with Gasteiger partial charge in [-0.3, -0.25) is 4.98 Å². The minimum absolute atomic E-state index is 0.204. The number of aromatic carboxylic acids is 1. The Kier molecular flexibility index (Phi) is 2.76. The number of carboxylic acid groups (broad SMARTS) is 1. The number of nitrogens with two attached hydrogens (primary N) is 1. The van der Waals surface area contributed by atoms with Crippen molar-refractivity contribution in [3.8, 4) is 0 Å². The van der Waals surface area contributed by atoms with E-state index in [2.05, 4.69) is 4.98 Å². The molecule has 1 aromatic heterocycles. The maximum Gasteiger partial charge on any atom is 0.337 e. The van der Waals surface area contributed by atoms with E-state index >= 15 is 0 Å². The van der Waals surface area contributed by atoms with Gasteiger partial charge < -0.3 is 10.8 Å². The number of carbonyl (C=O) groups is 1. The van der Waals surface area contributed by atoms with E-state index in [4.69, 9.17) is 10.8 Å². The van der Waals surface area contributed by atoms with Gasteiger partial charge in [0.1, 0.15) is 0 Å². The highest BCUT2D eigenvalue weighted by molar-refractivity contribution is 5.87. The smallest absolute Gasteiger partial charge is 0.337 e. The lowest BCUT2D eigenvalue weighted by atomic mass is 10.2. The molecule has 4 heteroatoms. The molecule has 0 aliphatic carbocycles. The Bertz CT molecular complexity index is 269. The number of aromatic nitrogens is 1. The zero-order chi connectivity index (χ0) is 8.97. The van der Waals surface area contributed by atoms with Gasteiger partial charge in [-0.25, -0.2) is 4.79 Å². The summed E-state index contributed by atoms with van der Waals surface area (Å²) in [5, 5.41) is 8.54. The second-order valence-corrected chi connectivity index (χ2v) is 2.38. The van der Waals surface area contributed by atoms with Crippen LogP contribution in [0, 0.1) is 0 Å². The van der Waals surface area contributed by atoms with Crippen molar-refractivity contribution in [2.45, 2.75) is 6.42 Å². The normalized spacial score (nSPS) is 9.75. The molecular weight excluding hydrogens is 156 g/mol. The van der Waals surface area contributed by atoms with E-state index in [1.807, 2.05) is 0 Å². The lowest BCUT2D eigenvalue weighted by Crippen LogP contribution is -2.05. The van der Waals surface area contributed by atoms with E-state index in [9.17, 15) is 4.79 Å². The molecule has 0 amide bonds. The highest BCUT2D eigenvalue weighted by Crippen LogP contribution is 1.99. The third-order valence-electron chi connectivity index (χ3n) is 1.47. The summed E-state index contributed by atoms with van der Waals surface area (Å²) in [5.41, 5.74) is 6.33. The van der Waals surface area contributed by atoms with E-state index in [1.165, 1.54) is 12.3 Å². The van der Waals surface area contributed by atoms with Crippen LogP contribution in [0.2, 0.25) is 0 Å². The average molecular weight is 166 g/mol. The fourth-order valence-electron chi connectivity index (χ4n) is 0.847. The molecule has 0 aromatic carbocycles. The Morgan fingerprint density at radius 2 is 2.33 bits per heavy atom. The van der Waals surface area contributed by atoms with Crippen LogP contribution >= 0.6 is 0 Å². The van der Waals surface area contributed by atoms with E-state index in [0.29, 0.717) is 13.0 Å². The van der Waals surface area contributed by atoms with Gasteiger partial charge in [-0.15, -0.1) is 0 Å². The Balaban J connectivity index is 2.78. The minimum atomic E-state index is -0.957. The predicted molar refractivity (Wildman–Crippen MR) is 44.0 cm³/mol. The molecule has 1 heterocycles. The van der Waals surface area contributed by atoms with E-state index < -0.39 is 5.97 Å². The summed E-state index contributed by atoms with van der Waals surface area (Å²) in [6.07, 6.45) is 2.02. The van der Waals surface area contributed by atoms with Crippen LogP contribution in [0.5, 0.6) is 0 Å². The zero-order valence-corrected chi connectivity index (χ0v) is 6.53. The highest BCUT2D eigenvalue weighted by atomic mass is 16.4. The number of nitrogens with zero attached hydrogens (tertiary/aromatic N) is 1. The van der Waals surface area contributed by atoms with Crippen molar-refractivity contribution >= 4 is 5.97 Å². The molecule has 64 valence electrons. The molecule has 4 nitrogen and oxygen atoms in total. The maximum atomic E-state index is 10.4. The van der Waals surface area contributed by atoms with Crippen LogP contribution in [0.4, 0.5) is 0 Å². The number of carboxylic acids is 1. The molecule has 0 aliphatic heterocycles. The summed E-state index contributed by atoms with van der Waals surface area (Å²) in [4.78, 5) is 14.3. The number of pyridine rings is 1. The summed E-state index contributed by atoms with van der Waals surface area (Å²) in [7, 11) is 0. The first-order chi connectivity index (χ1) is 5.74. The molecule has 1 aromatic rings. The van der Waals surface area contributed by atoms with Gasteiger partial charge in [0.15, 0.2) is 0 Å². The molecule has 0 aliphatic rings. The lowest BCUT2D eigenvalue weighted by Gasteiger charge is -1.97. The van der Waals surface area contributed by atoms with Crippen LogP contribution in [0.25, 0.3) is 0 Å². The van der Waals surface area contributed by atoms with Gasteiger partial charge >= 0.3 is 5.97 Å². The average Bonchev–Trinajstić information content (AvgIpc) is 2.06. The first-order valence-corrected chi connectivity index (χ1v) is 3.62. The van der Waals surface area contributed by atoms with E-state index in [0.717, 1.165) is 5.69 Å². The van der Waals surface area contributed by atoms with Gasteiger partial charge in [-0.05, 0) is 18.7 Å². The van der Waals surface area contributed by atoms with Crippen molar-refractivity contribution in [2.24, 2.45) is 5.73 Å². The summed E-state index contributed by atoms with van der Waals surface area (Å²) >= 11 is 0. The fourth-order valence-corrected chi connectivity index (χ4v) is 0.847. The van der Waals surface area contributed by atoms with Crippen LogP contribution in [0.3, 0.4) is 0 Å². The van der Waals surface area contributed by atoms with Crippen LogP contribution < -0.4 is 5.73 Å². The van der Waals surface area contributed by atoms with Gasteiger partial charge in [-0.2, -0.15) is 0 Å². The monoisotopic (exact) mass is 166 g/mol. The summed E-state index contributed by atoms with van der Waals surface area (Å²) in [6.45, 7) is 0.527. The molecule has 0 spiro atoms. The van der Waals surface area contributed by atoms with Crippen molar-refractivity contribution in [1.29, 1.82) is 0 Å². The first kappa shape index (κ1) is 8.67. The predicted octanol–water partition coefficient (Wildman–Crippen LogP) is 0.281. The van der Waals surface area contributed by atoms with Gasteiger partial charge in [-0.1, -0.05) is 0 Å². The standard InChI is InChI=1S/C8H10N2O2/c9-4-3-7-2-1-6(5-10-7)8(11)12/h1-2,5H,3-4,9H2,(H,11,12). The summed E-state index contributed by atoms with van der Waals surface area (Å²) in [6, 6.07) is 3.20. The van der Waals surface area contributed by atoms with Crippen molar-refractivity contribution < 1.29 is 9.90 Å². The third kappa shape index (κ3) is 2.03. The molecule has 0 saturated carbocycles. The number of hydrogen-bond donors (Lipinski definition) is 2.